The minimum Gasteiger partial charge on any atom is -0.321 e. The SMILES string of the molecule is CC1=NN=C2CSc3ccccc3N2C1. The van der Waals surface area contributed by atoms with E-state index >= 15 is 0 Å². The van der Waals surface area contributed by atoms with E-state index in [4.69, 9.17) is 0 Å². The Morgan fingerprint density at radius 1 is 1.27 bits per heavy atom. The van der Waals surface area contributed by atoms with Crippen LogP contribution < -0.4 is 4.90 Å². The van der Waals surface area contributed by atoms with Crippen LogP contribution in [-0.4, -0.2) is 23.8 Å². The number of amidine groups is 1. The largest absolute Gasteiger partial charge is 0.321 e. The Morgan fingerprint density at radius 2 is 2.13 bits per heavy atom. The molecule has 3 rings (SSSR count). The van der Waals surface area contributed by atoms with Gasteiger partial charge in [-0.2, -0.15) is 5.10 Å². The second-order valence-electron chi connectivity index (χ2n) is 3.69. The van der Waals surface area contributed by atoms with Crippen molar-refractivity contribution in [2.75, 3.05) is 17.2 Å². The van der Waals surface area contributed by atoms with Crippen LogP contribution in [0.4, 0.5) is 5.69 Å². The Balaban J connectivity index is 2.08. The monoisotopic (exact) mass is 217 g/mol. The van der Waals surface area contributed by atoms with E-state index in [0.29, 0.717) is 0 Å². The molecule has 0 aromatic heterocycles. The van der Waals surface area contributed by atoms with Crippen LogP contribution >= 0.6 is 11.8 Å². The molecule has 0 bridgehead atoms. The normalized spacial score (nSPS) is 18.9. The molecular weight excluding hydrogens is 206 g/mol. The molecule has 0 amide bonds. The third-order valence-corrected chi connectivity index (χ3v) is 3.61. The van der Waals surface area contributed by atoms with Gasteiger partial charge in [0.1, 0.15) is 5.84 Å². The molecule has 4 heteroatoms. The van der Waals surface area contributed by atoms with E-state index in [9.17, 15) is 0 Å². The highest BCUT2D eigenvalue weighted by atomic mass is 32.2. The maximum atomic E-state index is 4.24. The molecule has 76 valence electrons. The Bertz CT molecular complexity index is 465. The van der Waals surface area contributed by atoms with E-state index in [1.54, 1.807) is 0 Å². The summed E-state index contributed by atoms with van der Waals surface area (Å²) >= 11 is 1.83. The quantitative estimate of drug-likeness (QED) is 0.667. The second kappa shape index (κ2) is 3.38. The summed E-state index contributed by atoms with van der Waals surface area (Å²) in [5.74, 6) is 2.00. The first-order chi connectivity index (χ1) is 7.34. The predicted octanol–water partition coefficient (Wildman–Crippen LogP) is 2.39. The Hall–Kier alpha value is -1.29. The van der Waals surface area contributed by atoms with Gasteiger partial charge in [0, 0.05) is 4.90 Å². The van der Waals surface area contributed by atoms with Crippen LogP contribution in [0, 0.1) is 0 Å². The molecule has 0 aliphatic carbocycles. The number of nitrogens with zero attached hydrogens (tertiary/aromatic N) is 3. The van der Waals surface area contributed by atoms with Crippen molar-refractivity contribution in [3.8, 4) is 0 Å². The number of hydrogen-bond acceptors (Lipinski definition) is 4. The smallest absolute Gasteiger partial charge is 0.142 e. The van der Waals surface area contributed by atoms with E-state index in [1.165, 1.54) is 10.6 Å². The Labute approximate surface area is 92.9 Å². The molecular formula is C11H11N3S. The first-order valence-electron chi connectivity index (χ1n) is 4.94. The van der Waals surface area contributed by atoms with Crippen LogP contribution in [0.5, 0.6) is 0 Å². The van der Waals surface area contributed by atoms with Gasteiger partial charge in [-0.15, -0.1) is 16.9 Å². The molecule has 0 atom stereocenters. The predicted molar refractivity (Wildman–Crippen MR) is 65.1 cm³/mol. The van der Waals surface area contributed by atoms with Gasteiger partial charge < -0.3 is 4.90 Å². The van der Waals surface area contributed by atoms with Gasteiger partial charge in [-0.25, -0.2) is 0 Å². The van der Waals surface area contributed by atoms with Crippen LogP contribution in [-0.2, 0) is 0 Å². The van der Waals surface area contributed by atoms with Crippen molar-refractivity contribution < 1.29 is 0 Å². The fourth-order valence-electron chi connectivity index (χ4n) is 1.82. The summed E-state index contributed by atoms with van der Waals surface area (Å²) in [6.07, 6.45) is 0. The van der Waals surface area contributed by atoms with Crippen LogP contribution in [0.1, 0.15) is 6.92 Å². The van der Waals surface area contributed by atoms with E-state index < -0.39 is 0 Å². The van der Waals surface area contributed by atoms with Crippen molar-refractivity contribution in [2.24, 2.45) is 10.2 Å². The van der Waals surface area contributed by atoms with Gasteiger partial charge in [-0.3, -0.25) is 0 Å². The van der Waals surface area contributed by atoms with Crippen molar-refractivity contribution >= 4 is 29.0 Å². The fourth-order valence-corrected chi connectivity index (χ4v) is 2.82. The lowest BCUT2D eigenvalue weighted by Gasteiger charge is -2.32. The van der Waals surface area contributed by atoms with Crippen LogP contribution in [0.25, 0.3) is 0 Å². The molecule has 3 nitrogen and oxygen atoms in total. The lowest BCUT2D eigenvalue weighted by Crippen LogP contribution is -2.40. The lowest BCUT2D eigenvalue weighted by atomic mass is 10.2. The van der Waals surface area contributed by atoms with Gasteiger partial charge >= 0.3 is 0 Å². The number of para-hydroxylation sites is 1. The Kier molecular flexibility index (Phi) is 2.02. The molecule has 1 aromatic carbocycles. The molecule has 2 aliphatic rings. The molecule has 0 N–H and O–H groups in total. The van der Waals surface area contributed by atoms with Crippen molar-refractivity contribution in [1.82, 2.24) is 0 Å². The van der Waals surface area contributed by atoms with E-state index in [2.05, 4.69) is 39.4 Å². The molecule has 0 saturated heterocycles. The molecule has 15 heavy (non-hydrogen) atoms. The molecule has 1 aromatic rings. The van der Waals surface area contributed by atoms with E-state index in [0.717, 1.165) is 23.8 Å². The molecule has 2 heterocycles. The average molecular weight is 217 g/mol. The lowest BCUT2D eigenvalue weighted by molar-refractivity contribution is 1.03. The first-order valence-corrected chi connectivity index (χ1v) is 5.92. The zero-order valence-corrected chi connectivity index (χ0v) is 9.29. The highest BCUT2D eigenvalue weighted by molar-refractivity contribution is 8.00. The number of fused-ring (bicyclic) bond motifs is 3. The number of anilines is 1. The third kappa shape index (κ3) is 1.45. The minimum absolute atomic E-state index is 0.871. The van der Waals surface area contributed by atoms with Gasteiger partial charge in [0.15, 0.2) is 0 Å². The van der Waals surface area contributed by atoms with Crippen molar-refractivity contribution in [2.45, 2.75) is 11.8 Å². The fraction of sp³-hybridized carbons (Fsp3) is 0.273. The number of hydrogen-bond donors (Lipinski definition) is 0. The molecule has 0 spiro atoms. The molecule has 0 radical (unpaired) electrons. The third-order valence-electron chi connectivity index (χ3n) is 2.55. The first kappa shape index (κ1) is 8.97. The van der Waals surface area contributed by atoms with Gasteiger partial charge in [0.2, 0.25) is 0 Å². The number of thioether (sulfide) groups is 1. The minimum atomic E-state index is 0.871. The maximum absolute atomic E-state index is 4.24. The van der Waals surface area contributed by atoms with Crippen molar-refractivity contribution in [3.63, 3.8) is 0 Å². The van der Waals surface area contributed by atoms with Gasteiger partial charge in [0.05, 0.1) is 23.7 Å². The summed E-state index contributed by atoms with van der Waals surface area (Å²) in [5.41, 5.74) is 2.34. The Morgan fingerprint density at radius 3 is 3.07 bits per heavy atom. The average Bonchev–Trinajstić information content (AvgIpc) is 2.29. The maximum Gasteiger partial charge on any atom is 0.142 e. The molecule has 2 aliphatic heterocycles. The molecule has 0 saturated carbocycles. The second-order valence-corrected chi connectivity index (χ2v) is 4.71. The highest BCUT2D eigenvalue weighted by Crippen LogP contribution is 2.35. The van der Waals surface area contributed by atoms with Crippen LogP contribution in [0.15, 0.2) is 39.4 Å². The van der Waals surface area contributed by atoms with E-state index in [-0.39, 0.29) is 0 Å². The number of benzene rings is 1. The van der Waals surface area contributed by atoms with E-state index in [1.807, 2.05) is 18.7 Å². The van der Waals surface area contributed by atoms with Crippen molar-refractivity contribution in [3.05, 3.63) is 24.3 Å². The standard InChI is InChI=1S/C11H11N3S/c1-8-6-14-9-4-2-3-5-10(9)15-7-11(14)13-12-8/h2-5H,6-7H2,1H3. The zero-order chi connectivity index (χ0) is 10.3. The van der Waals surface area contributed by atoms with Gasteiger partial charge in [-0.05, 0) is 19.1 Å². The van der Waals surface area contributed by atoms with Crippen LogP contribution in [0.3, 0.4) is 0 Å². The van der Waals surface area contributed by atoms with Gasteiger partial charge in [-0.1, -0.05) is 12.1 Å². The summed E-state index contributed by atoms with van der Waals surface area (Å²) in [7, 11) is 0. The zero-order valence-electron chi connectivity index (χ0n) is 8.47. The van der Waals surface area contributed by atoms with Crippen LogP contribution in [0.2, 0.25) is 0 Å². The highest BCUT2D eigenvalue weighted by Gasteiger charge is 2.25. The summed E-state index contributed by atoms with van der Waals surface area (Å²) in [4.78, 5) is 3.60. The molecule has 0 unspecified atom stereocenters. The summed E-state index contributed by atoms with van der Waals surface area (Å²) < 4.78 is 0. The summed E-state index contributed by atoms with van der Waals surface area (Å²) in [5, 5.41) is 8.38. The summed E-state index contributed by atoms with van der Waals surface area (Å²) in [6, 6.07) is 8.47. The van der Waals surface area contributed by atoms with Gasteiger partial charge in [0.25, 0.3) is 0 Å². The molecule has 0 fully saturated rings. The van der Waals surface area contributed by atoms with Crippen molar-refractivity contribution in [1.29, 1.82) is 0 Å². The number of rotatable bonds is 0. The topological polar surface area (TPSA) is 28.0 Å². The summed E-state index contributed by atoms with van der Waals surface area (Å²) in [6.45, 7) is 2.89.